The lowest BCUT2D eigenvalue weighted by molar-refractivity contribution is 0.0598. The van der Waals surface area contributed by atoms with Crippen LogP contribution < -0.4 is 0 Å². The number of piperazine rings is 1. The van der Waals surface area contributed by atoms with Gasteiger partial charge in [-0.05, 0) is 54.1 Å². The minimum Gasteiger partial charge on any atom is -0.336 e. The van der Waals surface area contributed by atoms with E-state index < -0.39 is 0 Å². The summed E-state index contributed by atoms with van der Waals surface area (Å²) < 4.78 is 14.2. The molecule has 0 radical (unpaired) electrons. The summed E-state index contributed by atoms with van der Waals surface area (Å²) in [5.41, 5.74) is 2.04. The fourth-order valence-electron chi connectivity index (χ4n) is 4.11. The Morgan fingerprint density at radius 2 is 1.60 bits per heavy atom. The Kier molecular flexibility index (Phi) is 8.55. The summed E-state index contributed by atoms with van der Waals surface area (Å²) in [4.78, 5) is 32.0. The number of carbonyl (C=O) groups is 2. The average molecular weight is 559 g/mol. The van der Waals surface area contributed by atoms with Crippen LogP contribution in [-0.4, -0.2) is 65.8 Å². The molecule has 1 fully saturated rings. The van der Waals surface area contributed by atoms with E-state index in [1.54, 1.807) is 41.3 Å². The van der Waals surface area contributed by atoms with Gasteiger partial charge < -0.3 is 9.80 Å². The van der Waals surface area contributed by atoms with Crippen molar-refractivity contribution in [3.63, 3.8) is 0 Å². The van der Waals surface area contributed by atoms with Crippen LogP contribution in [0.2, 0.25) is 5.02 Å². The molecule has 1 heterocycles. The Labute approximate surface area is 218 Å². The summed E-state index contributed by atoms with van der Waals surface area (Å²) in [5.74, 6) is -0.405. The van der Waals surface area contributed by atoms with E-state index in [1.807, 2.05) is 29.2 Å². The predicted molar refractivity (Wildman–Crippen MR) is 139 cm³/mol. The highest BCUT2D eigenvalue weighted by Crippen LogP contribution is 2.17. The van der Waals surface area contributed by atoms with E-state index in [4.69, 9.17) is 11.6 Å². The van der Waals surface area contributed by atoms with E-state index in [-0.39, 0.29) is 17.6 Å². The topological polar surface area (TPSA) is 43.9 Å². The molecule has 5 nitrogen and oxygen atoms in total. The largest absolute Gasteiger partial charge is 0.336 e. The van der Waals surface area contributed by atoms with Crippen molar-refractivity contribution in [3.8, 4) is 0 Å². The first-order chi connectivity index (χ1) is 16.9. The van der Waals surface area contributed by atoms with E-state index in [2.05, 4.69) is 20.8 Å². The molecule has 0 aliphatic carbocycles. The fourth-order valence-corrected chi connectivity index (χ4v) is 4.70. The van der Waals surface area contributed by atoms with Gasteiger partial charge in [0, 0.05) is 66.4 Å². The van der Waals surface area contributed by atoms with Crippen LogP contribution in [0.25, 0.3) is 0 Å². The third-order valence-electron chi connectivity index (χ3n) is 6.06. The molecular weight excluding hydrogens is 533 g/mol. The maximum Gasteiger partial charge on any atom is 0.254 e. The predicted octanol–water partition coefficient (Wildman–Crippen LogP) is 5.34. The molecule has 3 aromatic carbocycles. The number of benzene rings is 3. The first kappa shape index (κ1) is 25.4. The molecule has 0 N–H and O–H groups in total. The minimum atomic E-state index is -0.309. The summed E-state index contributed by atoms with van der Waals surface area (Å²) in [5, 5.41) is 0.504. The molecule has 0 bridgehead atoms. The van der Waals surface area contributed by atoms with Gasteiger partial charge in [-0.15, -0.1) is 0 Å². The van der Waals surface area contributed by atoms with Crippen LogP contribution in [0.1, 0.15) is 26.3 Å². The van der Waals surface area contributed by atoms with Gasteiger partial charge in [-0.3, -0.25) is 14.5 Å². The summed E-state index contributed by atoms with van der Waals surface area (Å²) in [7, 11) is 0. The van der Waals surface area contributed by atoms with Crippen molar-refractivity contribution in [1.82, 2.24) is 14.7 Å². The molecule has 35 heavy (non-hydrogen) atoms. The SMILES string of the molecule is O=C(c1cccc(Br)c1)N1CCN(CCN(Cc2ccc(F)cc2)C(=O)c2cccc(Cl)c2)CC1. The van der Waals surface area contributed by atoms with Crippen molar-refractivity contribution in [2.75, 3.05) is 39.3 Å². The zero-order chi connectivity index (χ0) is 24.8. The van der Waals surface area contributed by atoms with Crippen molar-refractivity contribution < 1.29 is 14.0 Å². The monoisotopic (exact) mass is 557 g/mol. The van der Waals surface area contributed by atoms with Gasteiger partial charge in [0.05, 0.1) is 0 Å². The van der Waals surface area contributed by atoms with Crippen molar-refractivity contribution in [2.45, 2.75) is 6.54 Å². The second kappa shape index (κ2) is 11.8. The summed E-state index contributed by atoms with van der Waals surface area (Å²) >= 11 is 9.53. The lowest BCUT2D eigenvalue weighted by atomic mass is 10.1. The van der Waals surface area contributed by atoms with Crippen LogP contribution in [0.4, 0.5) is 4.39 Å². The molecule has 0 atom stereocenters. The number of rotatable bonds is 7. The Balaban J connectivity index is 1.38. The maximum absolute atomic E-state index is 13.4. The zero-order valence-corrected chi connectivity index (χ0v) is 21.5. The molecule has 182 valence electrons. The van der Waals surface area contributed by atoms with E-state index >= 15 is 0 Å². The number of halogens is 3. The second-order valence-electron chi connectivity index (χ2n) is 8.51. The number of hydrogen-bond donors (Lipinski definition) is 0. The Morgan fingerprint density at radius 1 is 0.914 bits per heavy atom. The van der Waals surface area contributed by atoms with Gasteiger partial charge in [0.15, 0.2) is 0 Å². The highest BCUT2D eigenvalue weighted by atomic mass is 79.9. The van der Waals surface area contributed by atoms with Crippen LogP contribution in [0.15, 0.2) is 77.3 Å². The molecule has 1 aliphatic rings. The first-order valence-electron chi connectivity index (χ1n) is 11.5. The quantitative estimate of drug-likeness (QED) is 0.393. The third-order valence-corrected chi connectivity index (χ3v) is 6.79. The smallest absolute Gasteiger partial charge is 0.254 e. The number of nitrogens with zero attached hydrogens (tertiary/aromatic N) is 3. The van der Waals surface area contributed by atoms with Crippen molar-refractivity contribution in [3.05, 3.63) is 105 Å². The van der Waals surface area contributed by atoms with Crippen LogP contribution in [-0.2, 0) is 6.54 Å². The first-order valence-corrected chi connectivity index (χ1v) is 12.6. The van der Waals surface area contributed by atoms with Gasteiger partial charge in [-0.25, -0.2) is 4.39 Å². The van der Waals surface area contributed by atoms with E-state index in [0.717, 1.165) is 23.1 Å². The van der Waals surface area contributed by atoms with E-state index in [0.29, 0.717) is 48.9 Å². The lowest BCUT2D eigenvalue weighted by Crippen LogP contribution is -2.50. The highest BCUT2D eigenvalue weighted by molar-refractivity contribution is 9.10. The average Bonchev–Trinajstić information content (AvgIpc) is 2.87. The van der Waals surface area contributed by atoms with Gasteiger partial charge >= 0.3 is 0 Å². The third kappa shape index (κ3) is 6.90. The van der Waals surface area contributed by atoms with Crippen LogP contribution in [0.3, 0.4) is 0 Å². The normalized spacial score (nSPS) is 14.1. The van der Waals surface area contributed by atoms with Crippen LogP contribution in [0, 0.1) is 5.82 Å². The molecule has 0 spiro atoms. The molecule has 8 heteroatoms. The lowest BCUT2D eigenvalue weighted by Gasteiger charge is -2.36. The molecule has 1 saturated heterocycles. The van der Waals surface area contributed by atoms with Gasteiger partial charge in [-0.2, -0.15) is 0 Å². The molecule has 0 unspecified atom stereocenters. The Hall–Kier alpha value is -2.74. The zero-order valence-electron chi connectivity index (χ0n) is 19.2. The van der Waals surface area contributed by atoms with Crippen LogP contribution in [0.5, 0.6) is 0 Å². The second-order valence-corrected chi connectivity index (χ2v) is 9.86. The Bertz CT molecular complexity index is 1180. The van der Waals surface area contributed by atoms with Crippen molar-refractivity contribution in [1.29, 1.82) is 0 Å². The molecule has 3 aromatic rings. The molecule has 2 amide bonds. The number of carbonyl (C=O) groups excluding carboxylic acids is 2. The number of hydrogen-bond acceptors (Lipinski definition) is 3. The van der Waals surface area contributed by atoms with E-state index in [1.165, 1.54) is 12.1 Å². The standard InChI is InChI=1S/C27H26BrClFN3O2/c28-23-5-1-3-21(17-23)26(34)32-14-11-31(12-15-32)13-16-33(19-20-7-9-25(30)10-8-20)27(35)22-4-2-6-24(29)18-22/h1-10,17-18H,11-16,19H2. The van der Waals surface area contributed by atoms with Crippen molar-refractivity contribution >= 4 is 39.3 Å². The maximum atomic E-state index is 13.4. The van der Waals surface area contributed by atoms with Crippen molar-refractivity contribution in [2.24, 2.45) is 0 Å². The van der Waals surface area contributed by atoms with E-state index in [9.17, 15) is 14.0 Å². The molecule has 0 aromatic heterocycles. The van der Waals surface area contributed by atoms with Gasteiger partial charge in [0.2, 0.25) is 0 Å². The molecule has 0 saturated carbocycles. The van der Waals surface area contributed by atoms with Crippen LogP contribution >= 0.6 is 27.5 Å². The van der Waals surface area contributed by atoms with Gasteiger partial charge in [-0.1, -0.05) is 51.8 Å². The highest BCUT2D eigenvalue weighted by Gasteiger charge is 2.24. The Morgan fingerprint density at radius 3 is 2.29 bits per heavy atom. The summed E-state index contributed by atoms with van der Waals surface area (Å²) in [6.07, 6.45) is 0. The minimum absolute atomic E-state index is 0.0278. The molecule has 1 aliphatic heterocycles. The summed E-state index contributed by atoms with van der Waals surface area (Å²) in [6.45, 7) is 4.27. The van der Waals surface area contributed by atoms with Gasteiger partial charge in [0.1, 0.15) is 5.82 Å². The fraction of sp³-hybridized carbons (Fsp3) is 0.259. The number of amides is 2. The summed E-state index contributed by atoms with van der Waals surface area (Å²) in [6, 6.07) is 20.5. The molecule has 4 rings (SSSR count). The van der Waals surface area contributed by atoms with Gasteiger partial charge in [0.25, 0.3) is 11.8 Å². The molecular formula is C27H26BrClFN3O2.